The second kappa shape index (κ2) is 8.91. The van der Waals surface area contributed by atoms with E-state index < -0.39 is 0 Å². The van der Waals surface area contributed by atoms with Crippen molar-refractivity contribution >= 4 is 40.9 Å². The summed E-state index contributed by atoms with van der Waals surface area (Å²) in [5.74, 6) is -0.423. The maximum Gasteiger partial charge on any atom is 0.251 e. The second-order valence-corrected chi connectivity index (χ2v) is 7.23. The Balaban J connectivity index is 1.78. The molecule has 4 N–H and O–H groups in total. The van der Waals surface area contributed by atoms with Crippen LogP contribution in [0.2, 0.25) is 5.02 Å². The Labute approximate surface area is 169 Å². The first-order chi connectivity index (χ1) is 13.4. The number of amides is 2. The summed E-state index contributed by atoms with van der Waals surface area (Å²) in [5, 5.41) is 0.561. The van der Waals surface area contributed by atoms with Gasteiger partial charge in [-0.25, -0.2) is 0 Å². The number of nitrogen functional groups attached to an aromatic ring is 1. The molecule has 0 spiro atoms. The summed E-state index contributed by atoms with van der Waals surface area (Å²) in [6, 6.07) is 14.0. The predicted molar refractivity (Wildman–Crippen MR) is 113 cm³/mol. The van der Waals surface area contributed by atoms with Gasteiger partial charge in [-0.2, -0.15) is 0 Å². The maximum atomic E-state index is 12.9. The number of rotatable bonds is 5. The molecule has 1 aliphatic heterocycles. The first-order valence-corrected chi connectivity index (χ1v) is 9.44. The van der Waals surface area contributed by atoms with Crippen molar-refractivity contribution in [1.29, 1.82) is 0 Å². The number of hydrogen-bond donors (Lipinski definition) is 2. The highest BCUT2D eigenvalue weighted by atomic mass is 35.5. The molecule has 7 heteroatoms. The lowest BCUT2D eigenvalue weighted by Gasteiger charge is -2.24. The van der Waals surface area contributed by atoms with Crippen molar-refractivity contribution in [3.8, 4) is 0 Å². The second-order valence-electron chi connectivity index (χ2n) is 6.79. The number of halogens is 1. The molecule has 0 bridgehead atoms. The Morgan fingerprint density at radius 1 is 1.14 bits per heavy atom. The standard InChI is InChI=1S/C21H23ClN4O2/c22-16-4-8-19(9-5-16)26(14-21(28)25-12-11-18(24)13-25)20(27)10-3-15-1-6-17(23)7-2-15/h1-10,18H,11-14,23-24H2/b10-3-. The lowest BCUT2D eigenvalue weighted by atomic mass is 10.2. The van der Waals surface area contributed by atoms with Crippen molar-refractivity contribution in [3.05, 3.63) is 65.2 Å². The normalized spacial score (nSPS) is 16.5. The summed E-state index contributed by atoms with van der Waals surface area (Å²) < 4.78 is 0. The molecule has 1 fully saturated rings. The smallest absolute Gasteiger partial charge is 0.251 e. The number of benzene rings is 2. The number of carbonyl (C=O) groups excluding carboxylic acids is 2. The van der Waals surface area contributed by atoms with E-state index in [9.17, 15) is 9.59 Å². The van der Waals surface area contributed by atoms with E-state index in [1.807, 2.05) is 12.1 Å². The number of carbonyl (C=O) groups is 2. The van der Waals surface area contributed by atoms with E-state index in [1.54, 1.807) is 47.4 Å². The summed E-state index contributed by atoms with van der Waals surface area (Å²) in [7, 11) is 0. The fourth-order valence-electron chi connectivity index (χ4n) is 3.03. The Kier molecular flexibility index (Phi) is 6.34. The fourth-order valence-corrected chi connectivity index (χ4v) is 3.16. The van der Waals surface area contributed by atoms with Gasteiger partial charge in [0.1, 0.15) is 6.54 Å². The van der Waals surface area contributed by atoms with Gasteiger partial charge >= 0.3 is 0 Å². The zero-order valence-electron chi connectivity index (χ0n) is 15.4. The Bertz CT molecular complexity index is 865. The van der Waals surface area contributed by atoms with E-state index >= 15 is 0 Å². The largest absolute Gasteiger partial charge is 0.399 e. The van der Waals surface area contributed by atoms with Gasteiger partial charge in [0.15, 0.2) is 0 Å². The highest BCUT2D eigenvalue weighted by Crippen LogP contribution is 2.20. The lowest BCUT2D eigenvalue weighted by Crippen LogP contribution is -2.42. The lowest BCUT2D eigenvalue weighted by molar-refractivity contribution is -0.130. The minimum Gasteiger partial charge on any atom is -0.399 e. The van der Waals surface area contributed by atoms with E-state index in [1.165, 1.54) is 11.0 Å². The SMILES string of the molecule is Nc1ccc(/C=C\C(=O)N(CC(=O)N2CCC(N)C2)c2ccc(Cl)cc2)cc1. The van der Waals surface area contributed by atoms with Crippen molar-refractivity contribution < 1.29 is 9.59 Å². The molecular formula is C21H23ClN4O2. The van der Waals surface area contributed by atoms with Gasteiger partial charge < -0.3 is 16.4 Å². The van der Waals surface area contributed by atoms with Gasteiger partial charge in [-0.15, -0.1) is 0 Å². The first kappa shape index (κ1) is 19.9. The average molecular weight is 399 g/mol. The van der Waals surface area contributed by atoms with Gasteiger partial charge in [0, 0.05) is 41.6 Å². The third-order valence-corrected chi connectivity index (χ3v) is 4.88. The summed E-state index contributed by atoms with van der Waals surface area (Å²) in [6.45, 7) is 1.08. The third kappa shape index (κ3) is 5.12. The molecule has 6 nitrogen and oxygen atoms in total. The molecule has 0 aromatic heterocycles. The van der Waals surface area contributed by atoms with Crippen LogP contribution in [-0.4, -0.2) is 42.4 Å². The average Bonchev–Trinajstić information content (AvgIpc) is 3.12. The zero-order chi connectivity index (χ0) is 20.1. The van der Waals surface area contributed by atoms with Crippen LogP contribution in [0.4, 0.5) is 11.4 Å². The highest BCUT2D eigenvalue weighted by Gasteiger charge is 2.26. The molecule has 1 heterocycles. The molecule has 0 aliphatic carbocycles. The van der Waals surface area contributed by atoms with Crippen molar-refractivity contribution in [2.45, 2.75) is 12.5 Å². The fraction of sp³-hybridized carbons (Fsp3) is 0.238. The summed E-state index contributed by atoms with van der Waals surface area (Å²) >= 11 is 5.96. The minimum atomic E-state index is -0.295. The molecule has 1 atom stereocenters. The van der Waals surface area contributed by atoms with Crippen LogP contribution in [-0.2, 0) is 9.59 Å². The highest BCUT2D eigenvalue weighted by molar-refractivity contribution is 6.30. The van der Waals surface area contributed by atoms with E-state index in [0.717, 1.165) is 12.0 Å². The number of likely N-dealkylation sites (tertiary alicyclic amines) is 1. The maximum absolute atomic E-state index is 12.9. The van der Waals surface area contributed by atoms with E-state index in [-0.39, 0.29) is 24.4 Å². The van der Waals surface area contributed by atoms with Crippen molar-refractivity contribution in [2.24, 2.45) is 5.73 Å². The van der Waals surface area contributed by atoms with Crippen LogP contribution >= 0.6 is 11.6 Å². The van der Waals surface area contributed by atoms with Crippen LogP contribution in [0.1, 0.15) is 12.0 Å². The van der Waals surface area contributed by atoms with Crippen LogP contribution < -0.4 is 16.4 Å². The van der Waals surface area contributed by atoms with Crippen molar-refractivity contribution in [3.63, 3.8) is 0 Å². The Morgan fingerprint density at radius 2 is 1.82 bits per heavy atom. The van der Waals surface area contributed by atoms with E-state index in [2.05, 4.69) is 0 Å². The topological polar surface area (TPSA) is 92.7 Å². The molecule has 1 unspecified atom stereocenters. The molecular weight excluding hydrogens is 376 g/mol. The van der Waals surface area contributed by atoms with E-state index in [4.69, 9.17) is 23.1 Å². The summed E-state index contributed by atoms with van der Waals surface area (Å²) in [4.78, 5) is 28.7. The van der Waals surface area contributed by atoms with Gasteiger partial charge in [-0.1, -0.05) is 23.7 Å². The number of anilines is 2. The Morgan fingerprint density at radius 3 is 2.43 bits per heavy atom. The molecule has 2 aromatic rings. The molecule has 1 aliphatic rings. The first-order valence-electron chi connectivity index (χ1n) is 9.06. The van der Waals surface area contributed by atoms with Crippen molar-refractivity contribution in [2.75, 3.05) is 30.3 Å². The number of nitrogens with zero attached hydrogens (tertiary/aromatic N) is 2. The van der Waals surface area contributed by atoms with Crippen LogP contribution in [0.15, 0.2) is 54.6 Å². The molecule has 0 saturated carbocycles. The van der Waals surface area contributed by atoms with Gasteiger partial charge in [-0.3, -0.25) is 14.5 Å². The van der Waals surface area contributed by atoms with Gasteiger partial charge in [0.2, 0.25) is 5.91 Å². The quantitative estimate of drug-likeness (QED) is 0.598. The molecule has 28 heavy (non-hydrogen) atoms. The van der Waals surface area contributed by atoms with Crippen LogP contribution in [0, 0.1) is 0 Å². The van der Waals surface area contributed by atoms with Crippen LogP contribution in [0.25, 0.3) is 6.08 Å². The van der Waals surface area contributed by atoms with Gasteiger partial charge in [-0.05, 0) is 54.5 Å². The molecule has 2 amide bonds. The molecule has 0 radical (unpaired) electrons. The van der Waals surface area contributed by atoms with Crippen molar-refractivity contribution in [1.82, 2.24) is 4.90 Å². The molecule has 1 saturated heterocycles. The Hall–Kier alpha value is -2.83. The summed E-state index contributed by atoms with van der Waals surface area (Å²) in [6.07, 6.45) is 3.92. The molecule has 3 rings (SSSR count). The monoisotopic (exact) mass is 398 g/mol. The third-order valence-electron chi connectivity index (χ3n) is 4.63. The van der Waals surface area contributed by atoms with Gasteiger partial charge in [0.05, 0.1) is 0 Å². The van der Waals surface area contributed by atoms with Crippen LogP contribution in [0.5, 0.6) is 0 Å². The summed E-state index contributed by atoms with van der Waals surface area (Å²) in [5.41, 5.74) is 13.7. The predicted octanol–water partition coefficient (Wildman–Crippen LogP) is 2.53. The zero-order valence-corrected chi connectivity index (χ0v) is 16.2. The molecule has 146 valence electrons. The van der Waals surface area contributed by atoms with Crippen LogP contribution in [0.3, 0.4) is 0 Å². The number of hydrogen-bond acceptors (Lipinski definition) is 4. The number of nitrogens with two attached hydrogens (primary N) is 2. The minimum absolute atomic E-state index is 0.00551. The van der Waals surface area contributed by atoms with E-state index in [0.29, 0.717) is 29.5 Å². The van der Waals surface area contributed by atoms with Gasteiger partial charge in [0.25, 0.3) is 5.91 Å². The molecule has 2 aromatic carbocycles.